The van der Waals surface area contributed by atoms with Crippen LogP contribution in [0, 0.1) is 0 Å². The molecule has 2 aromatic rings. The van der Waals surface area contributed by atoms with Crippen LogP contribution in [0.4, 0.5) is 17.1 Å². The van der Waals surface area contributed by atoms with E-state index in [9.17, 15) is 9.59 Å². The third-order valence-electron chi connectivity index (χ3n) is 4.66. The molecular formula is C19H21N3O3. The number of hydrogen-bond donors (Lipinski definition) is 2. The molecule has 0 spiro atoms. The summed E-state index contributed by atoms with van der Waals surface area (Å²) >= 11 is 0. The Hall–Kier alpha value is -3.02. The van der Waals surface area contributed by atoms with Crippen LogP contribution in [0.1, 0.15) is 29.8 Å². The normalized spacial score (nSPS) is 15.2. The lowest BCUT2D eigenvalue weighted by atomic mass is 9.86. The molecule has 0 saturated heterocycles. The largest absolute Gasteiger partial charge is 0.497 e. The van der Waals surface area contributed by atoms with Gasteiger partial charge in [-0.05, 0) is 55.8 Å². The van der Waals surface area contributed by atoms with Crippen molar-refractivity contribution in [1.82, 2.24) is 0 Å². The summed E-state index contributed by atoms with van der Waals surface area (Å²) in [6.07, 6.45) is 0. The molecule has 0 aromatic heterocycles. The minimum atomic E-state index is -0.753. The predicted molar refractivity (Wildman–Crippen MR) is 98.0 cm³/mol. The molecular weight excluding hydrogens is 318 g/mol. The fourth-order valence-electron chi connectivity index (χ4n) is 3.08. The molecule has 0 fully saturated rings. The van der Waals surface area contributed by atoms with Gasteiger partial charge < -0.3 is 21.1 Å². The average Bonchev–Trinajstić information content (AvgIpc) is 2.76. The van der Waals surface area contributed by atoms with E-state index >= 15 is 0 Å². The van der Waals surface area contributed by atoms with Crippen LogP contribution in [0.3, 0.4) is 0 Å². The van der Waals surface area contributed by atoms with Crippen LogP contribution >= 0.6 is 0 Å². The molecule has 0 unspecified atom stereocenters. The van der Waals surface area contributed by atoms with Gasteiger partial charge in [0.05, 0.1) is 36.1 Å². The Morgan fingerprint density at radius 2 is 1.72 bits per heavy atom. The van der Waals surface area contributed by atoms with Crippen LogP contribution < -0.4 is 21.1 Å². The minimum Gasteiger partial charge on any atom is -0.497 e. The number of amides is 1. The number of nitrogens with two attached hydrogens (primary N) is 2. The third kappa shape index (κ3) is 2.69. The molecule has 3 rings (SSSR count). The molecule has 1 aliphatic rings. The molecule has 1 amide bonds. The molecule has 1 heterocycles. The number of anilines is 3. The lowest BCUT2D eigenvalue weighted by Crippen LogP contribution is -2.39. The number of carbonyl (C=O) groups excluding carboxylic acids is 2. The summed E-state index contributed by atoms with van der Waals surface area (Å²) in [6, 6.07) is 10.2. The van der Waals surface area contributed by atoms with E-state index in [1.165, 1.54) is 4.90 Å². The number of carbonyl (C=O) groups is 2. The number of nitrogens with zero attached hydrogens (tertiary/aromatic N) is 1. The quantitative estimate of drug-likeness (QED) is 0.658. The van der Waals surface area contributed by atoms with Crippen molar-refractivity contribution in [1.29, 1.82) is 0 Å². The summed E-state index contributed by atoms with van der Waals surface area (Å²) in [4.78, 5) is 27.0. The van der Waals surface area contributed by atoms with Gasteiger partial charge in [0.25, 0.3) is 0 Å². The first-order chi connectivity index (χ1) is 11.8. The van der Waals surface area contributed by atoms with Gasteiger partial charge in [-0.15, -0.1) is 0 Å². The Labute approximate surface area is 146 Å². The Morgan fingerprint density at radius 3 is 2.32 bits per heavy atom. The van der Waals surface area contributed by atoms with E-state index in [4.69, 9.17) is 16.2 Å². The second-order valence-corrected chi connectivity index (χ2v) is 6.67. The van der Waals surface area contributed by atoms with Crippen molar-refractivity contribution in [2.75, 3.05) is 30.0 Å². The van der Waals surface area contributed by atoms with Gasteiger partial charge in [-0.2, -0.15) is 0 Å². The second-order valence-electron chi connectivity index (χ2n) is 6.67. The zero-order valence-electron chi connectivity index (χ0n) is 14.5. The molecule has 0 aliphatic carbocycles. The van der Waals surface area contributed by atoms with Crippen molar-refractivity contribution < 1.29 is 14.3 Å². The first-order valence-electron chi connectivity index (χ1n) is 7.94. The maximum Gasteiger partial charge on any atom is 0.237 e. The molecule has 0 saturated carbocycles. The van der Waals surface area contributed by atoms with Crippen molar-refractivity contribution in [3.8, 4) is 5.75 Å². The van der Waals surface area contributed by atoms with Gasteiger partial charge in [-0.25, -0.2) is 0 Å². The lowest BCUT2D eigenvalue weighted by Gasteiger charge is -2.19. The van der Waals surface area contributed by atoms with Crippen LogP contribution in [0.2, 0.25) is 0 Å². The monoisotopic (exact) mass is 339 g/mol. The SMILES string of the molecule is COc1ccc(C(=O)CN2C(=O)C(C)(C)c3cc(N)c(N)cc32)cc1. The van der Waals surface area contributed by atoms with E-state index < -0.39 is 5.41 Å². The summed E-state index contributed by atoms with van der Waals surface area (Å²) < 4.78 is 5.10. The zero-order chi connectivity index (χ0) is 18.4. The predicted octanol–water partition coefficient (Wildman–Crippen LogP) is 2.37. The van der Waals surface area contributed by atoms with Crippen LogP contribution in [0.15, 0.2) is 36.4 Å². The Morgan fingerprint density at radius 1 is 1.12 bits per heavy atom. The second kappa shape index (κ2) is 5.81. The zero-order valence-corrected chi connectivity index (χ0v) is 14.5. The van der Waals surface area contributed by atoms with Crippen LogP contribution in [0.25, 0.3) is 0 Å². The first kappa shape index (κ1) is 16.8. The molecule has 130 valence electrons. The molecule has 2 aromatic carbocycles. The molecule has 25 heavy (non-hydrogen) atoms. The molecule has 6 nitrogen and oxygen atoms in total. The first-order valence-corrected chi connectivity index (χ1v) is 7.94. The number of ketones is 1. The molecule has 4 N–H and O–H groups in total. The van der Waals surface area contributed by atoms with Crippen LogP contribution in [-0.4, -0.2) is 25.3 Å². The molecule has 0 bridgehead atoms. The minimum absolute atomic E-state index is 0.0506. The maximum absolute atomic E-state index is 12.8. The highest BCUT2D eigenvalue weighted by Gasteiger charge is 2.44. The van der Waals surface area contributed by atoms with Gasteiger partial charge in [0.1, 0.15) is 5.75 Å². The number of fused-ring (bicyclic) bond motifs is 1. The Kier molecular flexibility index (Phi) is 3.91. The van der Waals surface area contributed by atoms with E-state index in [0.717, 1.165) is 5.56 Å². The number of benzene rings is 2. The Bertz CT molecular complexity index is 857. The van der Waals surface area contributed by atoms with Gasteiger partial charge in [0.15, 0.2) is 5.78 Å². The molecule has 1 aliphatic heterocycles. The number of ether oxygens (including phenoxy) is 1. The van der Waals surface area contributed by atoms with Crippen molar-refractivity contribution in [3.63, 3.8) is 0 Å². The number of rotatable bonds is 4. The van der Waals surface area contributed by atoms with E-state index in [1.54, 1.807) is 43.5 Å². The van der Waals surface area contributed by atoms with Gasteiger partial charge in [0.2, 0.25) is 5.91 Å². The van der Waals surface area contributed by atoms with Crippen LogP contribution in [-0.2, 0) is 10.2 Å². The highest BCUT2D eigenvalue weighted by molar-refractivity contribution is 6.13. The van der Waals surface area contributed by atoms with Crippen molar-refractivity contribution in [2.45, 2.75) is 19.3 Å². The summed E-state index contributed by atoms with van der Waals surface area (Å²) in [5.74, 6) is 0.368. The Balaban J connectivity index is 1.94. The van der Waals surface area contributed by atoms with E-state index in [-0.39, 0.29) is 18.2 Å². The maximum atomic E-state index is 12.8. The summed E-state index contributed by atoms with van der Waals surface area (Å²) in [7, 11) is 1.56. The number of methoxy groups -OCH3 is 1. The highest BCUT2D eigenvalue weighted by atomic mass is 16.5. The standard InChI is InChI=1S/C19H21N3O3/c1-19(2)13-8-14(20)15(21)9-16(13)22(18(19)24)10-17(23)11-4-6-12(25-3)7-5-11/h4-9H,10,20-21H2,1-3H3. The van der Waals surface area contributed by atoms with Crippen molar-refractivity contribution in [3.05, 3.63) is 47.5 Å². The topological polar surface area (TPSA) is 98.6 Å². The van der Waals surface area contributed by atoms with Gasteiger partial charge in [0, 0.05) is 5.56 Å². The van der Waals surface area contributed by atoms with Crippen molar-refractivity contribution >= 4 is 28.8 Å². The fraction of sp³-hybridized carbons (Fsp3) is 0.263. The van der Waals surface area contributed by atoms with Gasteiger partial charge in [-0.3, -0.25) is 9.59 Å². The average molecular weight is 339 g/mol. The highest BCUT2D eigenvalue weighted by Crippen LogP contribution is 2.44. The summed E-state index contributed by atoms with van der Waals surface area (Å²) in [5, 5.41) is 0. The molecule has 6 heteroatoms. The van der Waals surface area contributed by atoms with Crippen LogP contribution in [0.5, 0.6) is 5.75 Å². The van der Waals surface area contributed by atoms with Gasteiger partial charge in [-0.1, -0.05) is 0 Å². The third-order valence-corrected chi connectivity index (χ3v) is 4.66. The molecule has 0 atom stereocenters. The molecule has 0 radical (unpaired) electrons. The smallest absolute Gasteiger partial charge is 0.237 e. The van der Waals surface area contributed by atoms with E-state index in [0.29, 0.717) is 28.4 Å². The summed E-state index contributed by atoms with van der Waals surface area (Å²) in [6.45, 7) is 3.59. The summed E-state index contributed by atoms with van der Waals surface area (Å²) in [5.41, 5.74) is 13.8. The van der Waals surface area contributed by atoms with E-state index in [1.807, 2.05) is 13.8 Å². The number of hydrogen-bond acceptors (Lipinski definition) is 5. The van der Waals surface area contributed by atoms with Gasteiger partial charge >= 0.3 is 0 Å². The number of Topliss-reactive ketones (excluding diaryl/α,β-unsaturated/α-hetero) is 1. The number of nitrogen functional groups attached to an aromatic ring is 2. The van der Waals surface area contributed by atoms with E-state index in [2.05, 4.69) is 0 Å². The lowest BCUT2D eigenvalue weighted by molar-refractivity contribution is -0.122. The van der Waals surface area contributed by atoms with Crippen molar-refractivity contribution in [2.24, 2.45) is 0 Å². The fourth-order valence-corrected chi connectivity index (χ4v) is 3.08.